The van der Waals surface area contributed by atoms with E-state index in [1.165, 1.54) is 11.9 Å². The average molecular weight is 1510 g/mol. The molecule has 17 nitrogen and oxygen atoms in total. The molecular weight excluding hydrogens is 1420 g/mol. The van der Waals surface area contributed by atoms with Gasteiger partial charge in [-0.1, -0.05) is 273 Å². The molecule has 0 bridgehead atoms. The second kappa shape index (κ2) is 35.1. The van der Waals surface area contributed by atoms with Crippen molar-refractivity contribution in [3.05, 3.63) is 371 Å². The second-order valence-corrected chi connectivity index (χ2v) is 28.8. The summed E-state index contributed by atoms with van der Waals surface area (Å²) in [5.74, 6) is 0.236. The molecule has 0 saturated carbocycles. The first-order chi connectivity index (χ1) is 55.8. The number of benzene rings is 12. The van der Waals surface area contributed by atoms with Crippen LogP contribution >= 0.6 is 0 Å². The molecule has 2 fully saturated rings. The van der Waals surface area contributed by atoms with Crippen molar-refractivity contribution >= 4 is 55.4 Å². The molecule has 12 aromatic carbocycles. The Morgan fingerprint density at radius 1 is 0.345 bits per heavy atom. The predicted molar refractivity (Wildman–Crippen MR) is 432 cm³/mol. The zero-order chi connectivity index (χ0) is 76.2. The maximum atomic E-state index is 15.5. The molecule has 17 heteroatoms. The van der Waals surface area contributed by atoms with Gasteiger partial charge < -0.3 is 66.4 Å². The maximum absolute atomic E-state index is 15.5. The fraction of sp³-hybridized carbons (Fsp3) is 0.229. The van der Waals surface area contributed by atoms with Gasteiger partial charge in [0.05, 0.1) is 92.7 Å². The number of aromatic amines is 1. The predicted octanol–water partition coefficient (Wildman–Crippen LogP) is 18.2. The molecular formula is C96H87N3O14. The lowest BCUT2D eigenvalue weighted by molar-refractivity contribution is -0.367. The Kier molecular flexibility index (Phi) is 23.1. The van der Waals surface area contributed by atoms with E-state index in [-0.39, 0.29) is 77.2 Å². The summed E-state index contributed by atoms with van der Waals surface area (Å²) in [5.41, 5.74) is 11.3. The monoisotopic (exact) mass is 1510 g/mol. The van der Waals surface area contributed by atoms with Crippen LogP contribution in [0.25, 0.3) is 43.6 Å². The number of carbonyl (C=O) groups excluding carboxylic acids is 2. The van der Waals surface area contributed by atoms with Crippen LogP contribution in [-0.4, -0.2) is 102 Å². The number of amides is 2. The van der Waals surface area contributed by atoms with Crippen molar-refractivity contribution in [3.8, 4) is 11.5 Å². The van der Waals surface area contributed by atoms with Gasteiger partial charge in [0.1, 0.15) is 73.5 Å². The van der Waals surface area contributed by atoms with E-state index in [2.05, 4.69) is 9.55 Å². The highest BCUT2D eigenvalue weighted by atomic mass is 16.7. The minimum Gasteiger partial charge on any atom is -0.489 e. The fourth-order valence-electron chi connectivity index (χ4n) is 15.6. The van der Waals surface area contributed by atoms with E-state index in [0.29, 0.717) is 61.7 Å². The third kappa shape index (κ3) is 16.7. The number of imide groups is 1. The van der Waals surface area contributed by atoms with E-state index in [1.54, 1.807) is 0 Å². The van der Waals surface area contributed by atoms with Crippen LogP contribution in [0.15, 0.2) is 309 Å². The van der Waals surface area contributed by atoms with Crippen LogP contribution in [0.4, 0.5) is 0 Å². The van der Waals surface area contributed by atoms with Crippen molar-refractivity contribution in [1.82, 2.24) is 14.5 Å². The highest BCUT2D eigenvalue weighted by Crippen LogP contribution is 2.50. The molecule has 0 radical (unpaired) electrons. The quantitative estimate of drug-likeness (QED) is 0.0395. The first-order valence-corrected chi connectivity index (χ1v) is 38.5. The molecule has 5 heterocycles. The largest absolute Gasteiger partial charge is 0.489 e. The molecule has 10 atom stereocenters. The molecule has 0 aliphatic carbocycles. The third-order valence-electron chi connectivity index (χ3n) is 21.2. The second-order valence-electron chi connectivity index (χ2n) is 28.8. The fourth-order valence-corrected chi connectivity index (χ4v) is 15.6. The number of fused-ring (bicyclic) bond motifs is 10. The lowest BCUT2D eigenvalue weighted by Gasteiger charge is -2.50. The number of aromatic nitrogens is 2. The van der Waals surface area contributed by atoms with E-state index in [1.807, 2.05) is 309 Å². The first-order valence-electron chi connectivity index (χ1n) is 38.5. The van der Waals surface area contributed by atoms with Crippen molar-refractivity contribution < 1.29 is 66.4 Å². The Morgan fingerprint density at radius 3 is 1.14 bits per heavy atom. The Hall–Kier alpha value is -11.4. The normalized spacial score (nSPS) is 20.3. The van der Waals surface area contributed by atoms with E-state index < -0.39 is 73.2 Å². The van der Waals surface area contributed by atoms with Gasteiger partial charge in [0.2, 0.25) is 0 Å². The standard InChI is InChI=1S/C96H87N3O14/c1-98-93(100)83-81-75-49-47-73(104-55-66-33-15-4-16-34-66)51-77(75)97-85(81)86-82(84(83)94(98)101)76-50-48-74(105-56-67-35-17-5-18-36-67)52-78(76)99(86)95-91(109-60-71-43-25-9-26-44-71)90(108-59-70-41-23-8-24-42-70)88(80(111-95)63-103-54-65-31-13-3-14-32-65)113-96-92(110-61-72-45-27-10-28-46-72)89(107-58-69-39-21-7-22-40-69)87(106-57-68-37-19-6-20-38-68)79(112-96)62-102-53-64-29-11-2-12-30-64/h2-52,79-80,87-92,95-97H,53-63H2,1H3/t79-,80-,87-,88-,89+,90+,91-,92-,95-,96+/m1/s1. The maximum Gasteiger partial charge on any atom is 0.262 e. The summed E-state index contributed by atoms with van der Waals surface area (Å²) < 4.78 is 90.4. The summed E-state index contributed by atoms with van der Waals surface area (Å²) in [5, 5.41) is 2.43. The zero-order valence-electron chi connectivity index (χ0n) is 62.6. The zero-order valence-corrected chi connectivity index (χ0v) is 62.6. The van der Waals surface area contributed by atoms with Crippen LogP contribution in [0.5, 0.6) is 11.5 Å². The van der Waals surface area contributed by atoms with Gasteiger partial charge >= 0.3 is 0 Å². The van der Waals surface area contributed by atoms with Crippen molar-refractivity contribution in [2.24, 2.45) is 0 Å². The number of carbonyl (C=O) groups is 2. The van der Waals surface area contributed by atoms with Gasteiger partial charge in [-0.3, -0.25) is 14.5 Å². The Balaban J connectivity index is 0.873. The molecule has 3 aliphatic rings. The Labute approximate surface area is 655 Å². The van der Waals surface area contributed by atoms with E-state index >= 15 is 9.59 Å². The average Bonchev–Trinajstić information content (AvgIpc) is 1.52. The number of nitrogens with zero attached hydrogens (tertiary/aromatic N) is 2. The van der Waals surface area contributed by atoms with Crippen LogP contribution in [0, 0.1) is 0 Å². The SMILES string of the molecule is CN1C(=O)c2c(c3c4ccc(OCc5ccccc5)cc4n([C@@H]4O[C@H](COCc5ccccc5)[C@@H](O[C@@H]5O[C@H](COCc6ccccc6)[C@@H](OCc6ccccc6)[C@H](OCc6ccccc6)[C@H]5OCc5ccccc5)[C@H](OCc5ccccc5)[C@H]4OCc4ccccc4)c3c3[nH]c4cc(OCc5ccccc5)ccc4c23)C1=O. The minimum absolute atomic E-state index is 0.0527. The molecule has 113 heavy (non-hydrogen) atoms. The van der Waals surface area contributed by atoms with Crippen molar-refractivity contribution in [3.63, 3.8) is 0 Å². The van der Waals surface area contributed by atoms with E-state index in [4.69, 9.17) is 56.8 Å². The first kappa shape index (κ1) is 74.3. The smallest absolute Gasteiger partial charge is 0.262 e. The van der Waals surface area contributed by atoms with Crippen molar-refractivity contribution in [2.75, 3.05) is 20.3 Å². The molecule has 1 N–H and O–H groups in total. The number of ether oxygens (including phenoxy) is 12. The van der Waals surface area contributed by atoms with Crippen LogP contribution in [0.2, 0.25) is 0 Å². The van der Waals surface area contributed by atoms with E-state index in [9.17, 15) is 0 Å². The Morgan fingerprint density at radius 2 is 0.699 bits per heavy atom. The minimum atomic E-state index is -1.28. The number of H-pyrrole nitrogens is 1. The lowest BCUT2D eigenvalue weighted by Crippen LogP contribution is -2.65. The van der Waals surface area contributed by atoms with Crippen molar-refractivity contribution in [2.45, 2.75) is 121 Å². The van der Waals surface area contributed by atoms with Crippen molar-refractivity contribution in [1.29, 1.82) is 0 Å². The molecule has 0 unspecified atom stereocenters. The van der Waals surface area contributed by atoms with Gasteiger partial charge in [-0.05, 0) is 74.3 Å². The third-order valence-corrected chi connectivity index (χ3v) is 21.2. The van der Waals surface area contributed by atoms with Gasteiger partial charge in [0, 0.05) is 40.7 Å². The summed E-state index contributed by atoms with van der Waals surface area (Å²) in [7, 11) is 1.54. The summed E-state index contributed by atoms with van der Waals surface area (Å²) in [6.45, 7) is 1.69. The summed E-state index contributed by atoms with van der Waals surface area (Å²) >= 11 is 0. The number of hydrogen-bond donors (Lipinski definition) is 1. The summed E-state index contributed by atoms with van der Waals surface area (Å²) in [6, 6.07) is 102. The summed E-state index contributed by atoms with van der Waals surface area (Å²) in [6.07, 6.45) is -10.5. The van der Waals surface area contributed by atoms with Crippen LogP contribution in [-0.2, 0) is 107 Å². The molecule has 2 aromatic heterocycles. The topological polar surface area (TPSA) is 169 Å². The lowest BCUT2D eigenvalue weighted by atomic mass is 9.94. The van der Waals surface area contributed by atoms with Crippen LogP contribution < -0.4 is 9.47 Å². The molecule has 14 aromatic rings. The van der Waals surface area contributed by atoms with Gasteiger partial charge in [0.25, 0.3) is 11.8 Å². The highest BCUT2D eigenvalue weighted by molar-refractivity contribution is 6.39. The van der Waals surface area contributed by atoms with Gasteiger partial charge in [-0.15, -0.1) is 0 Å². The molecule has 3 aliphatic heterocycles. The number of rotatable bonds is 32. The number of nitrogens with one attached hydrogen (secondary N) is 1. The summed E-state index contributed by atoms with van der Waals surface area (Å²) in [4.78, 5) is 35.8. The van der Waals surface area contributed by atoms with Crippen LogP contribution in [0.1, 0.15) is 77.0 Å². The molecule has 2 amide bonds. The molecule has 17 rings (SSSR count). The van der Waals surface area contributed by atoms with Gasteiger partial charge in [0.15, 0.2) is 12.5 Å². The van der Waals surface area contributed by atoms with E-state index in [0.717, 1.165) is 50.1 Å². The van der Waals surface area contributed by atoms with Crippen LogP contribution in [0.3, 0.4) is 0 Å². The van der Waals surface area contributed by atoms with Gasteiger partial charge in [-0.2, -0.15) is 0 Å². The van der Waals surface area contributed by atoms with Gasteiger partial charge in [-0.25, -0.2) is 0 Å². The Bertz CT molecular complexity index is 5480. The highest BCUT2D eigenvalue weighted by Gasteiger charge is 2.56. The molecule has 0 spiro atoms. The molecule has 2 saturated heterocycles. The number of hydrogen-bond acceptors (Lipinski definition) is 14. The molecule has 570 valence electrons.